The van der Waals surface area contributed by atoms with Crippen LogP contribution in [-0.2, 0) is 9.53 Å². The molecular weight excluding hydrogens is 502 g/mol. The smallest absolute Gasteiger partial charge is 0.166 e. The topological polar surface area (TPSA) is 96.3 Å². The molecule has 4 rings (SSSR count). The number of ether oxygens (including phenoxy) is 2. The Morgan fingerprint density at radius 3 is 2.60 bits per heavy atom. The van der Waals surface area contributed by atoms with Gasteiger partial charge in [0.15, 0.2) is 6.29 Å². The zero-order valence-corrected chi connectivity index (χ0v) is 24.5. The maximum Gasteiger partial charge on any atom is 0.166 e. The molecule has 1 fully saturated rings. The van der Waals surface area contributed by atoms with Crippen molar-refractivity contribution in [2.45, 2.75) is 71.4 Å². The van der Waals surface area contributed by atoms with Crippen molar-refractivity contribution >= 4 is 24.0 Å². The van der Waals surface area contributed by atoms with Crippen LogP contribution in [0.1, 0.15) is 65.4 Å². The molecule has 2 aliphatic carbocycles. The Bertz CT molecular complexity index is 1150. The molecule has 216 valence electrons. The Morgan fingerprint density at radius 1 is 1.15 bits per heavy atom. The summed E-state index contributed by atoms with van der Waals surface area (Å²) in [4.78, 5) is 21.3. The summed E-state index contributed by atoms with van der Waals surface area (Å²) in [6.45, 7) is 11.6. The van der Waals surface area contributed by atoms with Crippen LogP contribution < -0.4 is 20.7 Å². The van der Waals surface area contributed by atoms with Crippen LogP contribution in [0.3, 0.4) is 0 Å². The Kier molecular flexibility index (Phi) is 10.7. The van der Waals surface area contributed by atoms with Crippen LogP contribution in [0.5, 0.6) is 5.75 Å². The van der Waals surface area contributed by atoms with Crippen molar-refractivity contribution in [1.82, 2.24) is 16.0 Å². The first-order chi connectivity index (χ1) is 19.4. The van der Waals surface area contributed by atoms with Crippen molar-refractivity contribution in [3.63, 3.8) is 0 Å². The summed E-state index contributed by atoms with van der Waals surface area (Å²) >= 11 is 0. The van der Waals surface area contributed by atoms with E-state index < -0.39 is 0 Å². The van der Waals surface area contributed by atoms with Crippen LogP contribution in [0.15, 0.2) is 63.4 Å². The number of nitrogens with zero attached hydrogens (tertiary/aromatic N) is 2. The number of hydrogen-bond donors (Lipinski definition) is 3. The molecule has 0 spiro atoms. The van der Waals surface area contributed by atoms with E-state index in [9.17, 15) is 4.79 Å². The first kappa shape index (κ1) is 29.7. The van der Waals surface area contributed by atoms with E-state index in [2.05, 4.69) is 66.0 Å². The first-order valence-corrected chi connectivity index (χ1v) is 14.6. The van der Waals surface area contributed by atoms with E-state index in [1.807, 2.05) is 19.1 Å². The Labute approximate surface area is 239 Å². The SMILES string of the molecule is CCC1=C(C=O)NC=NCC(C2CC2)OCCN=C1NC1=CC=C(c2ccc(OCCNC(C)(C)C)cc2)CC1. The number of hydrogen-bond acceptors (Lipinski definition) is 8. The molecule has 0 radical (unpaired) electrons. The number of carbonyl (C=O) groups excluding carboxylic acids is 1. The quantitative estimate of drug-likeness (QED) is 0.304. The molecule has 1 heterocycles. The highest BCUT2D eigenvalue weighted by Crippen LogP contribution is 2.34. The summed E-state index contributed by atoms with van der Waals surface area (Å²) in [5.41, 5.74) is 4.97. The number of amidine groups is 1. The fraction of sp³-hybridized carbons (Fsp3) is 0.531. The second kappa shape index (κ2) is 14.4. The normalized spacial score (nSPS) is 20.8. The lowest BCUT2D eigenvalue weighted by atomic mass is 9.95. The molecule has 40 heavy (non-hydrogen) atoms. The van der Waals surface area contributed by atoms with Crippen molar-refractivity contribution in [2.75, 3.05) is 32.8 Å². The van der Waals surface area contributed by atoms with Crippen LogP contribution in [0.2, 0.25) is 0 Å². The van der Waals surface area contributed by atoms with Gasteiger partial charge in [-0.3, -0.25) is 14.8 Å². The van der Waals surface area contributed by atoms with Crippen LogP contribution in [0.4, 0.5) is 0 Å². The lowest BCUT2D eigenvalue weighted by molar-refractivity contribution is -0.105. The fourth-order valence-electron chi connectivity index (χ4n) is 4.82. The third-order valence-corrected chi connectivity index (χ3v) is 7.20. The summed E-state index contributed by atoms with van der Waals surface area (Å²) < 4.78 is 12.0. The highest BCUT2D eigenvalue weighted by atomic mass is 16.5. The standard InChI is InChI=1S/C32H45N5O3/c1-5-28-29(21-38)35-22-33-20-30(25-6-7-25)40-18-16-34-31(28)37-26-12-8-23(9-13-26)24-10-14-27(15-11-24)39-19-17-36-32(2,3)4/h8,10-12,14-15,21-22,25,30,36H,5-7,9,13,16-20H2,1-4H3,(H,33,35)(H,34,37). The summed E-state index contributed by atoms with van der Waals surface area (Å²) in [5.74, 6) is 2.18. The van der Waals surface area contributed by atoms with Gasteiger partial charge < -0.3 is 25.4 Å². The predicted octanol–water partition coefficient (Wildman–Crippen LogP) is 4.79. The Morgan fingerprint density at radius 2 is 1.95 bits per heavy atom. The number of aldehydes is 1. The highest BCUT2D eigenvalue weighted by Gasteiger charge is 2.31. The van der Waals surface area contributed by atoms with Gasteiger partial charge >= 0.3 is 0 Å². The molecule has 3 N–H and O–H groups in total. The average molecular weight is 548 g/mol. The van der Waals surface area contributed by atoms with Gasteiger partial charge in [0.25, 0.3) is 0 Å². The highest BCUT2D eigenvalue weighted by molar-refractivity contribution is 6.04. The Balaban J connectivity index is 1.41. The largest absolute Gasteiger partial charge is 0.492 e. The summed E-state index contributed by atoms with van der Waals surface area (Å²) in [6, 6.07) is 8.32. The van der Waals surface area contributed by atoms with Crippen LogP contribution in [0.25, 0.3) is 5.57 Å². The van der Waals surface area contributed by atoms with Gasteiger partial charge in [-0.25, -0.2) is 0 Å². The van der Waals surface area contributed by atoms with Gasteiger partial charge in [-0.2, -0.15) is 0 Å². The second-order valence-electron chi connectivity index (χ2n) is 11.5. The zero-order valence-electron chi connectivity index (χ0n) is 24.5. The molecule has 0 saturated heterocycles. The third-order valence-electron chi connectivity index (χ3n) is 7.20. The van der Waals surface area contributed by atoms with Crippen LogP contribution >= 0.6 is 0 Å². The fourth-order valence-corrected chi connectivity index (χ4v) is 4.82. The number of nitrogens with one attached hydrogen (secondary N) is 3. The molecule has 1 unspecified atom stereocenters. The van der Waals surface area contributed by atoms with E-state index in [1.165, 1.54) is 24.0 Å². The van der Waals surface area contributed by atoms with E-state index in [1.54, 1.807) is 6.34 Å². The first-order valence-electron chi connectivity index (χ1n) is 14.6. The molecule has 1 aromatic carbocycles. The number of benzene rings is 1. The molecule has 0 amide bonds. The molecule has 1 aromatic rings. The van der Waals surface area contributed by atoms with Crippen molar-refractivity contribution < 1.29 is 14.3 Å². The lowest BCUT2D eigenvalue weighted by Crippen LogP contribution is -2.38. The minimum absolute atomic E-state index is 0.0893. The van der Waals surface area contributed by atoms with E-state index in [0.29, 0.717) is 50.2 Å². The van der Waals surface area contributed by atoms with E-state index in [0.717, 1.165) is 42.7 Å². The predicted molar refractivity (Wildman–Crippen MR) is 163 cm³/mol. The lowest BCUT2D eigenvalue weighted by Gasteiger charge is -2.21. The minimum Gasteiger partial charge on any atom is -0.492 e. The van der Waals surface area contributed by atoms with Gasteiger partial charge in [0.2, 0.25) is 0 Å². The van der Waals surface area contributed by atoms with Gasteiger partial charge in [-0.15, -0.1) is 0 Å². The summed E-state index contributed by atoms with van der Waals surface area (Å²) in [6.07, 6.45) is 11.7. The summed E-state index contributed by atoms with van der Waals surface area (Å²) in [5, 5.41) is 10.1. The molecule has 0 aromatic heterocycles. The van der Waals surface area contributed by atoms with Crippen LogP contribution in [-0.4, -0.2) is 63.0 Å². The van der Waals surface area contributed by atoms with Gasteiger partial charge in [0, 0.05) is 23.4 Å². The summed E-state index contributed by atoms with van der Waals surface area (Å²) in [7, 11) is 0. The van der Waals surface area contributed by atoms with Gasteiger partial charge in [-0.05, 0) is 88.1 Å². The molecule has 8 nitrogen and oxygen atoms in total. The molecule has 1 saturated carbocycles. The van der Waals surface area contributed by atoms with Crippen LogP contribution in [0, 0.1) is 5.92 Å². The van der Waals surface area contributed by atoms with E-state index in [-0.39, 0.29) is 11.6 Å². The Hall–Kier alpha value is -3.23. The van der Waals surface area contributed by atoms with E-state index >= 15 is 0 Å². The molecular formula is C32H45N5O3. The second-order valence-corrected chi connectivity index (χ2v) is 11.5. The zero-order chi connectivity index (χ0) is 28.4. The molecule has 0 bridgehead atoms. The van der Waals surface area contributed by atoms with Gasteiger partial charge in [-0.1, -0.05) is 25.1 Å². The number of rotatable bonds is 9. The van der Waals surface area contributed by atoms with Gasteiger partial charge in [0.05, 0.1) is 37.8 Å². The van der Waals surface area contributed by atoms with Crippen molar-refractivity contribution in [1.29, 1.82) is 0 Å². The van der Waals surface area contributed by atoms with Gasteiger partial charge in [0.1, 0.15) is 18.2 Å². The maximum absolute atomic E-state index is 12.0. The number of carbonyl (C=O) groups is 1. The average Bonchev–Trinajstić information content (AvgIpc) is 3.78. The number of aliphatic imine (C=N–C) groups is 2. The van der Waals surface area contributed by atoms with Crippen molar-refractivity contribution in [2.24, 2.45) is 15.9 Å². The van der Waals surface area contributed by atoms with Crippen molar-refractivity contribution in [3.05, 3.63) is 58.9 Å². The molecule has 8 heteroatoms. The third kappa shape index (κ3) is 9.17. The van der Waals surface area contributed by atoms with E-state index in [4.69, 9.17) is 14.5 Å². The van der Waals surface area contributed by atoms with Crippen molar-refractivity contribution in [3.8, 4) is 5.75 Å². The monoisotopic (exact) mass is 547 g/mol. The molecule has 1 atom stereocenters. The maximum atomic E-state index is 12.0. The minimum atomic E-state index is 0.0893. The molecule has 1 aliphatic heterocycles. The molecule has 3 aliphatic rings. The number of allylic oxidation sites excluding steroid dienone is 5.